The largest absolute Gasteiger partial charge is 0.354 e. The van der Waals surface area contributed by atoms with Crippen molar-refractivity contribution in [2.75, 3.05) is 0 Å². The normalized spacial score (nSPS) is 11.5. The van der Waals surface area contributed by atoms with Gasteiger partial charge in [0.25, 0.3) is 5.56 Å². The molecule has 0 saturated carbocycles. The van der Waals surface area contributed by atoms with Crippen molar-refractivity contribution in [1.82, 2.24) is 24.5 Å². The molecule has 1 amide bonds. The number of aryl methyl sites for hydroxylation is 1. The first kappa shape index (κ1) is 22.3. The maximum absolute atomic E-state index is 13.2. The molecule has 0 aliphatic rings. The summed E-state index contributed by atoms with van der Waals surface area (Å²) in [7, 11) is 0. The number of hydrogen-bond donors (Lipinski definition) is 1. The third kappa shape index (κ3) is 4.63. The SMILES string of the molecule is CC(C)NC(=O)CCn1c(=O)c2cc(Cl)ccc2n2c(SCc3ccc(F)cc3)nnc12. The average molecular weight is 474 g/mol. The van der Waals surface area contributed by atoms with Crippen molar-refractivity contribution in [1.29, 1.82) is 0 Å². The van der Waals surface area contributed by atoms with Gasteiger partial charge in [-0.15, -0.1) is 10.2 Å². The quantitative estimate of drug-likeness (QED) is 0.410. The molecule has 166 valence electrons. The summed E-state index contributed by atoms with van der Waals surface area (Å²) in [5.74, 6) is 0.456. The summed E-state index contributed by atoms with van der Waals surface area (Å²) in [6.07, 6.45) is 0.130. The highest BCUT2D eigenvalue weighted by molar-refractivity contribution is 7.98. The van der Waals surface area contributed by atoms with E-state index in [1.54, 1.807) is 34.7 Å². The Hall–Kier alpha value is -2.91. The average Bonchev–Trinajstić information content (AvgIpc) is 3.16. The number of carbonyl (C=O) groups is 1. The molecule has 2 aromatic carbocycles. The fraction of sp³-hybridized carbons (Fsp3) is 0.273. The predicted molar refractivity (Wildman–Crippen MR) is 124 cm³/mol. The second-order valence-electron chi connectivity index (χ2n) is 7.62. The monoisotopic (exact) mass is 473 g/mol. The number of fused-ring (bicyclic) bond motifs is 3. The number of amides is 1. The van der Waals surface area contributed by atoms with E-state index in [2.05, 4.69) is 15.5 Å². The minimum Gasteiger partial charge on any atom is -0.354 e. The van der Waals surface area contributed by atoms with Crippen molar-refractivity contribution in [2.45, 2.75) is 43.8 Å². The zero-order chi connectivity index (χ0) is 22.8. The van der Waals surface area contributed by atoms with Crippen LogP contribution in [0.15, 0.2) is 52.4 Å². The molecule has 0 fully saturated rings. The number of thioether (sulfide) groups is 1. The van der Waals surface area contributed by atoms with Gasteiger partial charge in [-0.3, -0.25) is 18.6 Å². The summed E-state index contributed by atoms with van der Waals surface area (Å²) in [4.78, 5) is 25.4. The Morgan fingerprint density at radius 1 is 1.19 bits per heavy atom. The number of halogens is 2. The Kier molecular flexibility index (Phi) is 6.48. The topological polar surface area (TPSA) is 81.3 Å². The van der Waals surface area contributed by atoms with Crippen LogP contribution < -0.4 is 10.9 Å². The van der Waals surface area contributed by atoms with E-state index in [1.165, 1.54) is 28.5 Å². The van der Waals surface area contributed by atoms with Gasteiger partial charge in [-0.05, 0) is 49.7 Å². The third-order valence-electron chi connectivity index (χ3n) is 4.83. The van der Waals surface area contributed by atoms with Gasteiger partial charge in [0.2, 0.25) is 11.7 Å². The summed E-state index contributed by atoms with van der Waals surface area (Å²) in [6, 6.07) is 11.3. The van der Waals surface area contributed by atoms with Crippen LogP contribution in [0.3, 0.4) is 0 Å². The number of aromatic nitrogens is 4. The number of hydrogen-bond acceptors (Lipinski definition) is 5. The van der Waals surface area contributed by atoms with Crippen LogP contribution in [0.1, 0.15) is 25.8 Å². The van der Waals surface area contributed by atoms with E-state index in [4.69, 9.17) is 11.6 Å². The van der Waals surface area contributed by atoms with Gasteiger partial charge in [0.05, 0.1) is 10.9 Å². The molecule has 0 radical (unpaired) electrons. The minimum absolute atomic E-state index is 0.0113. The molecule has 0 saturated heterocycles. The smallest absolute Gasteiger partial charge is 0.262 e. The van der Waals surface area contributed by atoms with Crippen LogP contribution in [0.5, 0.6) is 0 Å². The Morgan fingerprint density at radius 3 is 2.66 bits per heavy atom. The molecule has 0 spiro atoms. The van der Waals surface area contributed by atoms with Crippen molar-refractivity contribution in [3.05, 3.63) is 69.2 Å². The van der Waals surface area contributed by atoms with Crippen LogP contribution in [-0.4, -0.2) is 31.1 Å². The number of nitrogens with zero attached hydrogens (tertiary/aromatic N) is 4. The van der Waals surface area contributed by atoms with Gasteiger partial charge < -0.3 is 5.32 Å². The van der Waals surface area contributed by atoms with E-state index >= 15 is 0 Å². The molecule has 0 aliphatic heterocycles. The standard InChI is InChI=1S/C22H21ClFN5O2S/c1-13(2)25-19(30)9-10-28-20(31)17-11-15(23)5-8-18(17)29-21(28)26-27-22(29)32-12-14-3-6-16(24)7-4-14/h3-8,11,13H,9-10,12H2,1-2H3,(H,25,30). The molecule has 2 aromatic heterocycles. The maximum atomic E-state index is 13.2. The van der Waals surface area contributed by atoms with E-state index in [9.17, 15) is 14.0 Å². The molecule has 7 nitrogen and oxygen atoms in total. The Labute approximate surface area is 192 Å². The molecular weight excluding hydrogens is 453 g/mol. The van der Waals surface area contributed by atoms with E-state index in [0.29, 0.717) is 32.6 Å². The lowest BCUT2D eigenvalue weighted by Gasteiger charge is -2.12. The Bertz CT molecular complexity index is 1350. The zero-order valence-corrected chi connectivity index (χ0v) is 19.1. The second kappa shape index (κ2) is 9.30. The number of benzene rings is 2. The van der Waals surface area contributed by atoms with Crippen molar-refractivity contribution >= 4 is 46.0 Å². The minimum atomic E-state index is -0.292. The lowest BCUT2D eigenvalue weighted by molar-refractivity contribution is -0.121. The number of carbonyl (C=O) groups excluding carboxylic acids is 1. The van der Waals surface area contributed by atoms with Gasteiger partial charge >= 0.3 is 0 Å². The van der Waals surface area contributed by atoms with Crippen LogP contribution in [-0.2, 0) is 17.1 Å². The molecule has 0 atom stereocenters. The van der Waals surface area contributed by atoms with E-state index in [0.717, 1.165) is 5.56 Å². The number of rotatable bonds is 7. The summed E-state index contributed by atoms with van der Waals surface area (Å²) in [5, 5.41) is 12.8. The van der Waals surface area contributed by atoms with Gasteiger partial charge in [0, 0.05) is 29.8 Å². The molecule has 10 heteroatoms. The lowest BCUT2D eigenvalue weighted by Crippen LogP contribution is -2.32. The van der Waals surface area contributed by atoms with Crippen molar-refractivity contribution in [3.8, 4) is 0 Å². The van der Waals surface area contributed by atoms with Crippen LogP contribution >= 0.6 is 23.4 Å². The van der Waals surface area contributed by atoms with Gasteiger partial charge in [-0.25, -0.2) is 4.39 Å². The fourth-order valence-electron chi connectivity index (χ4n) is 3.39. The molecular formula is C22H21ClFN5O2S. The van der Waals surface area contributed by atoms with E-state index in [1.807, 2.05) is 13.8 Å². The lowest BCUT2D eigenvalue weighted by atomic mass is 10.2. The summed E-state index contributed by atoms with van der Waals surface area (Å²) < 4.78 is 16.4. The first-order valence-electron chi connectivity index (χ1n) is 10.1. The third-order valence-corrected chi connectivity index (χ3v) is 6.06. The van der Waals surface area contributed by atoms with E-state index in [-0.39, 0.29) is 36.3 Å². The highest BCUT2D eigenvalue weighted by Crippen LogP contribution is 2.26. The van der Waals surface area contributed by atoms with Crippen LogP contribution in [0.25, 0.3) is 16.7 Å². The van der Waals surface area contributed by atoms with Gasteiger partial charge in [0.1, 0.15) is 5.82 Å². The highest BCUT2D eigenvalue weighted by atomic mass is 35.5. The molecule has 32 heavy (non-hydrogen) atoms. The zero-order valence-electron chi connectivity index (χ0n) is 17.5. The molecule has 0 unspecified atom stereocenters. The first-order valence-corrected chi connectivity index (χ1v) is 11.4. The molecule has 2 heterocycles. The van der Waals surface area contributed by atoms with Crippen molar-refractivity contribution in [3.63, 3.8) is 0 Å². The van der Waals surface area contributed by atoms with Gasteiger partial charge in [-0.1, -0.05) is 35.5 Å². The molecule has 0 aliphatic carbocycles. The molecule has 1 N–H and O–H groups in total. The maximum Gasteiger partial charge on any atom is 0.262 e. The van der Waals surface area contributed by atoms with Crippen molar-refractivity contribution in [2.24, 2.45) is 0 Å². The fourth-order valence-corrected chi connectivity index (χ4v) is 4.46. The molecule has 4 aromatic rings. The van der Waals surface area contributed by atoms with Crippen LogP contribution in [0.2, 0.25) is 5.02 Å². The highest BCUT2D eigenvalue weighted by Gasteiger charge is 2.18. The summed E-state index contributed by atoms with van der Waals surface area (Å²) in [6.45, 7) is 3.91. The molecule has 4 rings (SSSR count). The second-order valence-corrected chi connectivity index (χ2v) is 9.00. The Morgan fingerprint density at radius 2 is 1.94 bits per heavy atom. The number of nitrogens with one attached hydrogen (secondary N) is 1. The van der Waals surface area contributed by atoms with Gasteiger partial charge in [-0.2, -0.15) is 0 Å². The molecule has 0 bridgehead atoms. The van der Waals surface area contributed by atoms with Crippen molar-refractivity contribution < 1.29 is 9.18 Å². The van der Waals surface area contributed by atoms with E-state index < -0.39 is 0 Å². The summed E-state index contributed by atoms with van der Waals surface area (Å²) in [5.41, 5.74) is 1.28. The van der Waals surface area contributed by atoms with Crippen LogP contribution in [0, 0.1) is 5.82 Å². The Balaban J connectivity index is 1.75. The first-order chi connectivity index (χ1) is 15.3. The summed E-state index contributed by atoms with van der Waals surface area (Å²) >= 11 is 7.58. The van der Waals surface area contributed by atoms with Crippen LogP contribution in [0.4, 0.5) is 4.39 Å². The predicted octanol–water partition coefficient (Wildman–Crippen LogP) is 4.04. The van der Waals surface area contributed by atoms with Gasteiger partial charge in [0.15, 0.2) is 5.16 Å².